The van der Waals surface area contributed by atoms with E-state index in [-0.39, 0.29) is 5.91 Å². The monoisotopic (exact) mass is 305 g/mol. The summed E-state index contributed by atoms with van der Waals surface area (Å²) in [5, 5.41) is 5.12. The van der Waals surface area contributed by atoms with E-state index in [1.807, 2.05) is 37.3 Å². The Morgan fingerprint density at radius 1 is 1.09 bits per heavy atom. The van der Waals surface area contributed by atoms with Gasteiger partial charge in [-0.2, -0.15) is 5.10 Å². The molecule has 1 amide bonds. The Bertz CT molecular complexity index is 906. The summed E-state index contributed by atoms with van der Waals surface area (Å²) in [4.78, 5) is 15.4. The normalized spacial score (nSPS) is 11.7. The van der Waals surface area contributed by atoms with Gasteiger partial charge in [-0.05, 0) is 49.6 Å². The van der Waals surface area contributed by atoms with Crippen molar-refractivity contribution in [3.63, 3.8) is 0 Å². The molecule has 0 aliphatic carbocycles. The van der Waals surface area contributed by atoms with E-state index in [0.29, 0.717) is 5.56 Å². The first-order chi connectivity index (χ1) is 11.1. The molecule has 1 aromatic heterocycles. The van der Waals surface area contributed by atoms with E-state index in [9.17, 15) is 4.79 Å². The lowest BCUT2D eigenvalue weighted by Crippen LogP contribution is -2.19. The molecular weight excluding hydrogens is 286 g/mol. The van der Waals surface area contributed by atoms with Gasteiger partial charge in [0.1, 0.15) is 0 Å². The van der Waals surface area contributed by atoms with Crippen LogP contribution in [0.25, 0.3) is 10.9 Å². The maximum absolute atomic E-state index is 12.3. The predicted molar refractivity (Wildman–Crippen MR) is 93.9 cm³/mol. The maximum Gasteiger partial charge on any atom is 0.273 e. The highest BCUT2D eigenvalue weighted by molar-refractivity contribution is 6.07. The van der Waals surface area contributed by atoms with Crippen LogP contribution in [-0.2, 0) is 0 Å². The molecule has 0 saturated carbocycles. The number of hydrazone groups is 1. The number of nitrogens with zero attached hydrogens (tertiary/aromatic N) is 1. The van der Waals surface area contributed by atoms with E-state index >= 15 is 0 Å². The van der Waals surface area contributed by atoms with E-state index in [0.717, 1.165) is 22.2 Å². The molecule has 0 unspecified atom stereocenters. The van der Waals surface area contributed by atoms with E-state index in [1.54, 1.807) is 6.20 Å². The van der Waals surface area contributed by atoms with Crippen molar-refractivity contribution in [3.05, 3.63) is 70.9 Å². The highest BCUT2D eigenvalue weighted by Gasteiger charge is 2.11. The van der Waals surface area contributed by atoms with Crippen LogP contribution in [0.3, 0.4) is 0 Å². The van der Waals surface area contributed by atoms with Gasteiger partial charge in [0.05, 0.1) is 11.3 Å². The lowest BCUT2D eigenvalue weighted by Gasteiger charge is -2.05. The number of aromatic amines is 1. The number of aryl methyl sites for hydroxylation is 2. The van der Waals surface area contributed by atoms with Gasteiger partial charge in [0.15, 0.2) is 0 Å². The molecular formula is C19H19N3O. The highest BCUT2D eigenvalue weighted by atomic mass is 16.2. The van der Waals surface area contributed by atoms with E-state index < -0.39 is 0 Å². The van der Waals surface area contributed by atoms with Gasteiger partial charge in [-0.3, -0.25) is 4.79 Å². The van der Waals surface area contributed by atoms with Gasteiger partial charge in [0.25, 0.3) is 5.91 Å². The topological polar surface area (TPSA) is 57.2 Å². The predicted octanol–water partition coefficient (Wildman–Crippen LogP) is 3.94. The standard InChI is InChI=1S/C19H19N3O/c1-12-8-9-15(10-13(12)2)14(3)21-22-19(23)17-11-20-18-7-5-4-6-16(17)18/h4-11,20H,1-3H3,(H,22,23)/b21-14-. The molecule has 3 aromatic rings. The van der Waals surface area contributed by atoms with Gasteiger partial charge in [-0.15, -0.1) is 0 Å². The molecule has 116 valence electrons. The summed E-state index contributed by atoms with van der Waals surface area (Å²) >= 11 is 0. The molecule has 2 N–H and O–H groups in total. The lowest BCUT2D eigenvalue weighted by atomic mass is 10.0. The van der Waals surface area contributed by atoms with Crippen molar-refractivity contribution in [1.82, 2.24) is 10.4 Å². The summed E-state index contributed by atoms with van der Waals surface area (Å²) in [6.45, 7) is 6.03. The average Bonchev–Trinajstić information content (AvgIpc) is 2.99. The third-order valence-corrected chi connectivity index (χ3v) is 4.08. The molecule has 0 saturated heterocycles. The quantitative estimate of drug-likeness (QED) is 0.559. The second-order valence-corrected chi connectivity index (χ2v) is 5.69. The fourth-order valence-electron chi connectivity index (χ4n) is 2.49. The van der Waals surface area contributed by atoms with Crippen molar-refractivity contribution in [1.29, 1.82) is 0 Å². The van der Waals surface area contributed by atoms with Gasteiger partial charge in [0.2, 0.25) is 0 Å². The van der Waals surface area contributed by atoms with Crippen molar-refractivity contribution in [3.8, 4) is 0 Å². The molecule has 3 rings (SSSR count). The number of hydrogen-bond donors (Lipinski definition) is 2. The first-order valence-electron chi connectivity index (χ1n) is 7.54. The molecule has 1 heterocycles. The van der Waals surface area contributed by atoms with E-state index in [4.69, 9.17) is 0 Å². The molecule has 0 bridgehead atoms. The minimum absolute atomic E-state index is 0.217. The largest absolute Gasteiger partial charge is 0.360 e. The third kappa shape index (κ3) is 3.01. The van der Waals surface area contributed by atoms with Crippen LogP contribution < -0.4 is 5.43 Å². The van der Waals surface area contributed by atoms with Gasteiger partial charge in [-0.1, -0.05) is 30.3 Å². The zero-order valence-electron chi connectivity index (χ0n) is 13.5. The zero-order chi connectivity index (χ0) is 16.4. The fraction of sp³-hybridized carbons (Fsp3) is 0.158. The summed E-state index contributed by atoms with van der Waals surface area (Å²) in [5.41, 5.74) is 8.40. The van der Waals surface area contributed by atoms with Gasteiger partial charge < -0.3 is 4.98 Å². The fourth-order valence-corrected chi connectivity index (χ4v) is 2.49. The second kappa shape index (κ2) is 6.08. The molecule has 0 aliphatic rings. The number of carbonyl (C=O) groups excluding carboxylic acids is 1. The number of aromatic nitrogens is 1. The number of hydrogen-bond acceptors (Lipinski definition) is 2. The first kappa shape index (κ1) is 15.0. The van der Waals surface area contributed by atoms with Crippen molar-refractivity contribution in [2.24, 2.45) is 5.10 Å². The van der Waals surface area contributed by atoms with Gasteiger partial charge in [0, 0.05) is 17.1 Å². The molecule has 23 heavy (non-hydrogen) atoms. The van der Waals surface area contributed by atoms with Gasteiger partial charge >= 0.3 is 0 Å². The highest BCUT2D eigenvalue weighted by Crippen LogP contribution is 2.17. The first-order valence-corrected chi connectivity index (χ1v) is 7.54. The molecule has 0 spiro atoms. The molecule has 4 heteroatoms. The van der Waals surface area contributed by atoms with Crippen LogP contribution in [-0.4, -0.2) is 16.6 Å². The Morgan fingerprint density at radius 3 is 2.65 bits per heavy atom. The van der Waals surface area contributed by atoms with E-state index in [1.165, 1.54) is 11.1 Å². The Kier molecular flexibility index (Phi) is 3.98. The summed E-state index contributed by atoms with van der Waals surface area (Å²) < 4.78 is 0. The number of nitrogens with one attached hydrogen (secondary N) is 2. The number of carbonyl (C=O) groups is 1. The Labute approximate surface area is 135 Å². The molecule has 0 fully saturated rings. The van der Waals surface area contributed by atoms with Crippen LogP contribution in [0, 0.1) is 13.8 Å². The van der Waals surface area contributed by atoms with Gasteiger partial charge in [-0.25, -0.2) is 5.43 Å². The smallest absolute Gasteiger partial charge is 0.273 e. The number of para-hydroxylation sites is 1. The number of benzene rings is 2. The van der Waals surface area contributed by atoms with Crippen LogP contribution >= 0.6 is 0 Å². The number of H-pyrrole nitrogens is 1. The summed E-state index contributed by atoms with van der Waals surface area (Å²) in [6.07, 6.45) is 1.71. The van der Waals surface area contributed by atoms with Crippen molar-refractivity contribution < 1.29 is 4.79 Å². The maximum atomic E-state index is 12.3. The minimum Gasteiger partial charge on any atom is -0.360 e. The Balaban J connectivity index is 1.81. The summed E-state index contributed by atoms with van der Waals surface area (Å²) in [6, 6.07) is 13.9. The van der Waals surface area contributed by atoms with Crippen LogP contribution in [0.4, 0.5) is 0 Å². The minimum atomic E-state index is -0.217. The molecule has 0 radical (unpaired) electrons. The van der Waals surface area contributed by atoms with Crippen LogP contribution in [0.5, 0.6) is 0 Å². The van der Waals surface area contributed by atoms with Crippen LogP contribution in [0.2, 0.25) is 0 Å². The summed E-state index contributed by atoms with van der Waals surface area (Å²) in [7, 11) is 0. The Hall–Kier alpha value is -2.88. The molecule has 2 aromatic carbocycles. The van der Waals surface area contributed by atoms with Crippen molar-refractivity contribution >= 4 is 22.5 Å². The molecule has 0 aliphatic heterocycles. The molecule has 0 atom stereocenters. The van der Waals surface area contributed by atoms with E-state index in [2.05, 4.69) is 41.5 Å². The third-order valence-electron chi connectivity index (χ3n) is 4.08. The Morgan fingerprint density at radius 2 is 1.87 bits per heavy atom. The van der Waals surface area contributed by atoms with Crippen molar-refractivity contribution in [2.75, 3.05) is 0 Å². The number of fused-ring (bicyclic) bond motifs is 1. The SMILES string of the molecule is C/C(=N/NC(=O)c1c[nH]c2ccccc12)c1ccc(C)c(C)c1. The number of rotatable bonds is 3. The average molecular weight is 305 g/mol. The zero-order valence-corrected chi connectivity index (χ0v) is 13.5. The van der Waals surface area contributed by atoms with Crippen LogP contribution in [0.1, 0.15) is 34.0 Å². The lowest BCUT2D eigenvalue weighted by molar-refractivity contribution is 0.0956. The van der Waals surface area contributed by atoms with Crippen LogP contribution in [0.15, 0.2) is 53.8 Å². The number of amides is 1. The van der Waals surface area contributed by atoms with Crippen molar-refractivity contribution in [2.45, 2.75) is 20.8 Å². The second-order valence-electron chi connectivity index (χ2n) is 5.69. The summed E-state index contributed by atoms with van der Waals surface area (Å²) in [5.74, 6) is -0.217. The molecule has 4 nitrogen and oxygen atoms in total.